The fourth-order valence-corrected chi connectivity index (χ4v) is 4.50. The molecule has 0 saturated carbocycles. The lowest BCUT2D eigenvalue weighted by Gasteiger charge is -2.27. The van der Waals surface area contributed by atoms with Gasteiger partial charge in [-0.25, -0.2) is 0 Å². The molecule has 174 valence electrons. The van der Waals surface area contributed by atoms with E-state index in [0.717, 1.165) is 55.4 Å². The van der Waals surface area contributed by atoms with E-state index in [0.29, 0.717) is 30.1 Å². The highest BCUT2D eigenvalue weighted by molar-refractivity contribution is 6.00. The summed E-state index contributed by atoms with van der Waals surface area (Å²) < 4.78 is 6.01. The zero-order valence-corrected chi connectivity index (χ0v) is 19.5. The van der Waals surface area contributed by atoms with Gasteiger partial charge in [0.05, 0.1) is 12.6 Å². The Hall–Kier alpha value is -3.28. The van der Waals surface area contributed by atoms with E-state index in [9.17, 15) is 9.90 Å². The molecule has 2 aromatic carbocycles. The number of phenolic OH excluding ortho intramolecular Hbond substituents is 1. The fraction of sp³-hybridized carbons (Fsp3) is 0.407. The van der Waals surface area contributed by atoms with Gasteiger partial charge >= 0.3 is 0 Å². The highest BCUT2D eigenvalue weighted by Crippen LogP contribution is 2.44. The van der Waals surface area contributed by atoms with Crippen LogP contribution >= 0.6 is 0 Å². The lowest BCUT2D eigenvalue weighted by Crippen LogP contribution is -2.30. The van der Waals surface area contributed by atoms with Crippen LogP contribution < -0.4 is 4.74 Å². The van der Waals surface area contributed by atoms with E-state index < -0.39 is 0 Å². The molecule has 4 rings (SSSR count). The molecule has 0 radical (unpaired) electrons. The number of carbonyl (C=O) groups excluding carboxylic acids is 1. The number of phenols is 1. The number of nitrogens with one attached hydrogen (secondary N) is 1. The molecule has 1 aliphatic rings. The van der Waals surface area contributed by atoms with Gasteiger partial charge in [-0.2, -0.15) is 5.10 Å². The Morgan fingerprint density at radius 2 is 1.82 bits per heavy atom. The summed E-state index contributed by atoms with van der Waals surface area (Å²) in [6.07, 6.45) is 6.41. The maximum Gasteiger partial charge on any atom is 0.273 e. The van der Waals surface area contributed by atoms with Crippen LogP contribution in [0.3, 0.4) is 0 Å². The van der Waals surface area contributed by atoms with Crippen LogP contribution in [0.4, 0.5) is 0 Å². The van der Waals surface area contributed by atoms with Crippen molar-refractivity contribution in [3.63, 3.8) is 0 Å². The summed E-state index contributed by atoms with van der Waals surface area (Å²) in [6, 6.07) is 14.9. The maximum absolute atomic E-state index is 13.4. The summed E-state index contributed by atoms with van der Waals surface area (Å²) in [7, 11) is 0. The van der Waals surface area contributed by atoms with Crippen molar-refractivity contribution >= 4 is 5.91 Å². The largest absolute Gasteiger partial charge is 0.507 e. The van der Waals surface area contributed by atoms with Crippen molar-refractivity contribution < 1.29 is 14.6 Å². The van der Waals surface area contributed by atoms with Crippen molar-refractivity contribution in [2.24, 2.45) is 0 Å². The van der Waals surface area contributed by atoms with Crippen LogP contribution in [-0.4, -0.2) is 39.3 Å². The molecule has 2 N–H and O–H groups in total. The number of para-hydroxylation sites is 1. The molecule has 33 heavy (non-hydrogen) atoms. The van der Waals surface area contributed by atoms with Gasteiger partial charge in [0, 0.05) is 17.7 Å². The predicted molar refractivity (Wildman–Crippen MR) is 130 cm³/mol. The first-order valence-corrected chi connectivity index (χ1v) is 12.1. The van der Waals surface area contributed by atoms with E-state index in [1.807, 2.05) is 41.3 Å². The van der Waals surface area contributed by atoms with Gasteiger partial charge in [-0.15, -0.1) is 0 Å². The van der Waals surface area contributed by atoms with E-state index in [2.05, 4.69) is 24.0 Å². The lowest BCUT2D eigenvalue weighted by atomic mass is 9.95. The second kappa shape index (κ2) is 10.6. The highest BCUT2D eigenvalue weighted by Gasteiger charge is 2.42. The van der Waals surface area contributed by atoms with Crippen molar-refractivity contribution in [1.29, 1.82) is 0 Å². The maximum atomic E-state index is 13.4. The minimum Gasteiger partial charge on any atom is -0.507 e. The number of hydrogen-bond donors (Lipinski definition) is 2. The third-order valence-corrected chi connectivity index (χ3v) is 6.22. The molecule has 1 unspecified atom stereocenters. The van der Waals surface area contributed by atoms with Gasteiger partial charge < -0.3 is 14.7 Å². The number of ether oxygens (including phenoxy) is 1. The second-order valence-electron chi connectivity index (χ2n) is 8.61. The van der Waals surface area contributed by atoms with Crippen LogP contribution in [0.5, 0.6) is 11.5 Å². The van der Waals surface area contributed by atoms with Gasteiger partial charge in [0.15, 0.2) is 0 Å². The summed E-state index contributed by atoms with van der Waals surface area (Å²) in [5.41, 5.74) is 3.55. The number of unbranched alkanes of at least 4 members (excludes halogenated alkanes) is 4. The predicted octanol–water partition coefficient (Wildman–Crippen LogP) is 6.09. The number of rotatable bonds is 11. The molecule has 0 spiro atoms. The fourth-order valence-electron chi connectivity index (χ4n) is 4.50. The Morgan fingerprint density at radius 3 is 2.61 bits per heavy atom. The van der Waals surface area contributed by atoms with Gasteiger partial charge in [0.2, 0.25) is 0 Å². The van der Waals surface area contributed by atoms with Crippen molar-refractivity contribution in [3.05, 3.63) is 65.4 Å². The molecule has 1 aliphatic heterocycles. The van der Waals surface area contributed by atoms with E-state index >= 15 is 0 Å². The molecule has 6 heteroatoms. The average molecular weight is 448 g/mol. The molecule has 3 aromatic rings. The zero-order valence-electron chi connectivity index (χ0n) is 19.5. The highest BCUT2D eigenvalue weighted by atomic mass is 16.5. The number of aromatic nitrogens is 2. The van der Waals surface area contributed by atoms with Gasteiger partial charge in [-0.1, -0.05) is 63.8 Å². The smallest absolute Gasteiger partial charge is 0.273 e. The van der Waals surface area contributed by atoms with Gasteiger partial charge in [-0.05, 0) is 42.7 Å². The Bertz CT molecular complexity index is 1090. The summed E-state index contributed by atoms with van der Waals surface area (Å²) in [6.45, 7) is 5.68. The summed E-state index contributed by atoms with van der Waals surface area (Å²) in [4.78, 5) is 15.3. The van der Waals surface area contributed by atoms with Crippen molar-refractivity contribution in [2.75, 3.05) is 13.2 Å². The minimum absolute atomic E-state index is 0.0467. The third kappa shape index (κ3) is 4.75. The molecule has 1 atom stereocenters. The Kier molecular flexibility index (Phi) is 7.33. The molecule has 0 bridgehead atoms. The summed E-state index contributed by atoms with van der Waals surface area (Å²) in [5, 5.41) is 17.9. The minimum atomic E-state index is -0.281. The number of carbonyl (C=O) groups is 1. The first kappa shape index (κ1) is 22.9. The van der Waals surface area contributed by atoms with Gasteiger partial charge in [0.25, 0.3) is 5.91 Å². The van der Waals surface area contributed by atoms with Crippen LogP contribution in [0, 0.1) is 0 Å². The topological polar surface area (TPSA) is 78.5 Å². The Morgan fingerprint density at radius 1 is 1.03 bits per heavy atom. The molecule has 0 saturated heterocycles. The number of hydrogen-bond acceptors (Lipinski definition) is 4. The molecule has 1 aromatic heterocycles. The molecule has 6 nitrogen and oxygen atoms in total. The Labute approximate surface area is 195 Å². The molecular formula is C27H33N3O3. The number of aromatic amines is 1. The van der Waals surface area contributed by atoms with E-state index in [-0.39, 0.29) is 17.7 Å². The monoisotopic (exact) mass is 447 g/mol. The van der Waals surface area contributed by atoms with Crippen LogP contribution in [-0.2, 0) is 0 Å². The van der Waals surface area contributed by atoms with Crippen molar-refractivity contribution in [3.8, 4) is 22.8 Å². The first-order chi connectivity index (χ1) is 16.2. The first-order valence-electron chi connectivity index (χ1n) is 12.1. The molecule has 1 amide bonds. The Balaban J connectivity index is 1.73. The summed E-state index contributed by atoms with van der Waals surface area (Å²) in [5.74, 6) is 0.913. The van der Waals surface area contributed by atoms with Crippen LogP contribution in [0.25, 0.3) is 11.3 Å². The zero-order chi connectivity index (χ0) is 23.2. The quantitative estimate of drug-likeness (QED) is 0.349. The SMILES string of the molecule is CCCCCOc1cccc(C2c3c(-c4ccccc4O)n[nH]c3C(=O)N2CCCCC)c1. The average Bonchev–Trinajstić information content (AvgIpc) is 3.36. The number of H-pyrrole nitrogens is 1. The number of nitrogens with zero attached hydrogens (tertiary/aromatic N) is 2. The van der Waals surface area contributed by atoms with Gasteiger partial charge in [0.1, 0.15) is 22.9 Å². The number of fused-ring (bicyclic) bond motifs is 1. The van der Waals surface area contributed by atoms with Gasteiger partial charge in [-0.3, -0.25) is 9.89 Å². The number of amides is 1. The third-order valence-electron chi connectivity index (χ3n) is 6.22. The normalized spacial score (nSPS) is 15.2. The lowest BCUT2D eigenvalue weighted by molar-refractivity contribution is 0.0740. The molecule has 0 fully saturated rings. The van der Waals surface area contributed by atoms with Crippen LogP contribution in [0.15, 0.2) is 48.5 Å². The number of benzene rings is 2. The van der Waals surface area contributed by atoms with Crippen molar-refractivity contribution in [2.45, 2.75) is 58.4 Å². The number of aromatic hydroxyl groups is 1. The van der Waals surface area contributed by atoms with Crippen LogP contribution in [0.2, 0.25) is 0 Å². The van der Waals surface area contributed by atoms with Crippen LogP contribution in [0.1, 0.15) is 80.0 Å². The second-order valence-corrected chi connectivity index (χ2v) is 8.61. The van der Waals surface area contributed by atoms with Crippen molar-refractivity contribution in [1.82, 2.24) is 15.1 Å². The van der Waals surface area contributed by atoms with E-state index in [4.69, 9.17) is 4.74 Å². The standard InChI is InChI=1S/C27H33N3O3/c1-3-5-9-16-30-26(19-12-11-13-20(18-19)33-17-10-6-4-2)23-24(28-29-25(23)27(30)32)21-14-7-8-15-22(21)31/h7-8,11-15,18,26,31H,3-6,9-10,16-17H2,1-2H3,(H,28,29). The molecule has 2 heterocycles. The van der Waals surface area contributed by atoms with E-state index in [1.54, 1.807) is 12.1 Å². The van der Waals surface area contributed by atoms with E-state index in [1.165, 1.54) is 0 Å². The summed E-state index contributed by atoms with van der Waals surface area (Å²) >= 11 is 0. The molecular weight excluding hydrogens is 414 g/mol. The molecule has 0 aliphatic carbocycles.